The number of aryl methyl sites for hydroxylation is 1. The van der Waals surface area contributed by atoms with Crippen LogP contribution in [0.5, 0.6) is 0 Å². The Bertz CT molecular complexity index is 774. The lowest BCUT2D eigenvalue weighted by molar-refractivity contribution is -0.131. The van der Waals surface area contributed by atoms with Gasteiger partial charge in [0.05, 0.1) is 6.20 Å². The zero-order valence-electron chi connectivity index (χ0n) is 15.1. The first-order valence-electron chi connectivity index (χ1n) is 9.09. The average molecular weight is 338 g/mol. The molecule has 1 spiro atoms. The molecule has 132 valence electrons. The van der Waals surface area contributed by atoms with Crippen molar-refractivity contribution in [3.05, 3.63) is 53.3 Å². The fourth-order valence-electron chi connectivity index (χ4n) is 4.49. The van der Waals surface area contributed by atoms with Crippen molar-refractivity contribution in [1.29, 1.82) is 0 Å². The van der Waals surface area contributed by atoms with Crippen LogP contribution < -0.4 is 0 Å². The Balaban J connectivity index is 1.53. The molecule has 3 heterocycles. The lowest BCUT2D eigenvalue weighted by atomic mass is 9.69. The molecule has 0 bridgehead atoms. The van der Waals surface area contributed by atoms with E-state index in [2.05, 4.69) is 40.5 Å². The first-order chi connectivity index (χ1) is 12.1. The van der Waals surface area contributed by atoms with Crippen LogP contribution in [0.2, 0.25) is 0 Å². The maximum atomic E-state index is 12.0. The van der Waals surface area contributed by atoms with Crippen LogP contribution in [-0.2, 0) is 30.3 Å². The minimum absolute atomic E-state index is 0.117. The second-order valence-corrected chi connectivity index (χ2v) is 7.61. The van der Waals surface area contributed by atoms with Gasteiger partial charge in [0.25, 0.3) is 0 Å². The number of fused-ring (bicyclic) bond motifs is 2. The Morgan fingerprint density at radius 1 is 1.24 bits per heavy atom. The molecule has 1 amide bonds. The van der Waals surface area contributed by atoms with Crippen LogP contribution in [0, 0.1) is 0 Å². The van der Waals surface area contributed by atoms with Gasteiger partial charge < -0.3 is 4.90 Å². The molecule has 5 heteroatoms. The van der Waals surface area contributed by atoms with E-state index in [1.165, 1.54) is 16.7 Å². The second-order valence-electron chi connectivity index (χ2n) is 7.61. The van der Waals surface area contributed by atoms with Gasteiger partial charge in [-0.2, -0.15) is 5.10 Å². The van der Waals surface area contributed by atoms with Crippen molar-refractivity contribution in [1.82, 2.24) is 19.6 Å². The number of piperidine rings is 1. The van der Waals surface area contributed by atoms with E-state index in [9.17, 15) is 4.79 Å². The van der Waals surface area contributed by atoms with Crippen LogP contribution >= 0.6 is 0 Å². The third kappa shape index (κ3) is 3.09. The largest absolute Gasteiger partial charge is 0.338 e. The summed E-state index contributed by atoms with van der Waals surface area (Å²) in [6, 6.07) is 8.71. The van der Waals surface area contributed by atoms with Crippen molar-refractivity contribution in [2.45, 2.75) is 38.3 Å². The average Bonchev–Trinajstić information content (AvgIpc) is 3.02. The van der Waals surface area contributed by atoms with Gasteiger partial charge >= 0.3 is 0 Å². The molecule has 4 rings (SSSR count). The number of hydrogen-bond donors (Lipinski definition) is 0. The normalized spacial score (nSPS) is 19.8. The number of carbonyl (C=O) groups excluding carboxylic acids is 1. The number of benzene rings is 1. The van der Waals surface area contributed by atoms with Gasteiger partial charge in [-0.05, 0) is 37.1 Å². The Morgan fingerprint density at radius 3 is 2.68 bits per heavy atom. The zero-order chi connectivity index (χ0) is 17.4. The molecule has 1 aromatic heterocycles. The standard InChI is InChI=1S/C20H26N4O/c1-16(25)24-14-18-5-3-4-6-19(18)20(15-24)7-9-23(10-8-20)13-17-11-21-22(2)12-17/h3-6,11-12H,7-10,13-15H2,1-2H3. The monoisotopic (exact) mass is 338 g/mol. The number of nitrogens with zero attached hydrogens (tertiary/aromatic N) is 4. The van der Waals surface area contributed by atoms with E-state index in [4.69, 9.17) is 0 Å². The molecule has 0 radical (unpaired) electrons. The van der Waals surface area contributed by atoms with Gasteiger partial charge in [0, 0.05) is 50.8 Å². The lowest BCUT2D eigenvalue weighted by Gasteiger charge is -2.48. The molecular weight excluding hydrogens is 312 g/mol. The summed E-state index contributed by atoms with van der Waals surface area (Å²) in [4.78, 5) is 16.6. The SMILES string of the molecule is CC(=O)N1Cc2ccccc2C2(CCN(Cc3cnn(C)c3)CC2)C1. The summed E-state index contributed by atoms with van der Waals surface area (Å²) in [6.45, 7) is 6.40. The maximum absolute atomic E-state index is 12.0. The van der Waals surface area contributed by atoms with Gasteiger partial charge in [-0.25, -0.2) is 0 Å². The van der Waals surface area contributed by atoms with Crippen LogP contribution in [0.15, 0.2) is 36.7 Å². The third-order valence-electron chi connectivity index (χ3n) is 5.87. The third-order valence-corrected chi connectivity index (χ3v) is 5.87. The molecule has 2 aromatic rings. The number of likely N-dealkylation sites (tertiary alicyclic amines) is 1. The van der Waals surface area contributed by atoms with Crippen molar-refractivity contribution >= 4 is 5.91 Å². The predicted octanol–water partition coefficient (Wildman–Crippen LogP) is 2.32. The van der Waals surface area contributed by atoms with Crippen molar-refractivity contribution in [3.63, 3.8) is 0 Å². The molecule has 0 aliphatic carbocycles. The molecule has 0 atom stereocenters. The van der Waals surface area contributed by atoms with Gasteiger partial charge in [-0.15, -0.1) is 0 Å². The van der Waals surface area contributed by atoms with Gasteiger partial charge in [0.2, 0.25) is 5.91 Å². The summed E-state index contributed by atoms with van der Waals surface area (Å²) in [6.07, 6.45) is 6.26. The van der Waals surface area contributed by atoms with E-state index in [-0.39, 0.29) is 11.3 Å². The first-order valence-corrected chi connectivity index (χ1v) is 9.09. The lowest BCUT2D eigenvalue weighted by Crippen LogP contribution is -2.52. The van der Waals surface area contributed by atoms with Crippen LogP contribution in [0.25, 0.3) is 0 Å². The molecular formula is C20H26N4O. The van der Waals surface area contributed by atoms with E-state index in [0.29, 0.717) is 0 Å². The van der Waals surface area contributed by atoms with Crippen molar-refractivity contribution in [2.24, 2.45) is 7.05 Å². The highest BCUT2D eigenvalue weighted by Crippen LogP contribution is 2.41. The summed E-state index contributed by atoms with van der Waals surface area (Å²) in [5, 5.41) is 4.27. The highest BCUT2D eigenvalue weighted by atomic mass is 16.2. The number of amides is 1. The van der Waals surface area contributed by atoms with E-state index in [0.717, 1.165) is 45.6 Å². The van der Waals surface area contributed by atoms with Crippen LogP contribution in [0.3, 0.4) is 0 Å². The second kappa shape index (κ2) is 6.30. The quantitative estimate of drug-likeness (QED) is 0.844. The smallest absolute Gasteiger partial charge is 0.219 e. The molecule has 0 N–H and O–H groups in total. The molecule has 5 nitrogen and oxygen atoms in total. The predicted molar refractivity (Wildman–Crippen MR) is 96.9 cm³/mol. The fraction of sp³-hybridized carbons (Fsp3) is 0.500. The zero-order valence-corrected chi connectivity index (χ0v) is 15.1. The van der Waals surface area contributed by atoms with Crippen molar-refractivity contribution < 1.29 is 4.79 Å². The topological polar surface area (TPSA) is 41.4 Å². The van der Waals surface area contributed by atoms with Crippen LogP contribution in [0.4, 0.5) is 0 Å². The van der Waals surface area contributed by atoms with Gasteiger partial charge in [0.1, 0.15) is 0 Å². The molecule has 0 saturated carbocycles. The van der Waals surface area contributed by atoms with Gasteiger partial charge in [-0.3, -0.25) is 14.4 Å². The maximum Gasteiger partial charge on any atom is 0.219 e. The molecule has 1 aromatic carbocycles. The molecule has 0 unspecified atom stereocenters. The molecule has 1 saturated heterocycles. The van der Waals surface area contributed by atoms with Gasteiger partial charge in [0.15, 0.2) is 0 Å². The molecule has 25 heavy (non-hydrogen) atoms. The summed E-state index contributed by atoms with van der Waals surface area (Å²) >= 11 is 0. The van der Waals surface area contributed by atoms with Crippen LogP contribution in [0.1, 0.15) is 36.5 Å². The highest BCUT2D eigenvalue weighted by Gasteiger charge is 2.42. The fourth-order valence-corrected chi connectivity index (χ4v) is 4.49. The van der Waals surface area contributed by atoms with E-state index < -0.39 is 0 Å². The van der Waals surface area contributed by atoms with Crippen molar-refractivity contribution in [3.8, 4) is 0 Å². The Morgan fingerprint density at radius 2 is 2.00 bits per heavy atom. The summed E-state index contributed by atoms with van der Waals surface area (Å²) in [7, 11) is 1.96. The van der Waals surface area contributed by atoms with E-state index >= 15 is 0 Å². The number of hydrogen-bond acceptors (Lipinski definition) is 3. The highest BCUT2D eigenvalue weighted by molar-refractivity contribution is 5.74. The molecule has 2 aliphatic heterocycles. The minimum Gasteiger partial charge on any atom is -0.338 e. The molecule has 1 fully saturated rings. The van der Waals surface area contributed by atoms with E-state index in [1.54, 1.807) is 6.92 Å². The van der Waals surface area contributed by atoms with E-state index in [1.807, 2.05) is 22.8 Å². The first kappa shape index (κ1) is 16.3. The Kier molecular flexibility index (Phi) is 4.12. The summed E-state index contributed by atoms with van der Waals surface area (Å²) in [5.41, 5.74) is 4.18. The van der Waals surface area contributed by atoms with Gasteiger partial charge in [-0.1, -0.05) is 24.3 Å². The molecule has 2 aliphatic rings. The van der Waals surface area contributed by atoms with Crippen LogP contribution in [-0.4, -0.2) is 45.1 Å². The summed E-state index contributed by atoms with van der Waals surface area (Å²) < 4.78 is 1.86. The van der Waals surface area contributed by atoms with Crippen molar-refractivity contribution in [2.75, 3.05) is 19.6 Å². The number of rotatable bonds is 2. The summed E-state index contributed by atoms with van der Waals surface area (Å²) in [5.74, 6) is 0.187. The number of carbonyl (C=O) groups is 1. The Labute approximate surface area is 149 Å². The Hall–Kier alpha value is -2.14. The number of aromatic nitrogens is 2. The minimum atomic E-state index is 0.117.